The van der Waals surface area contributed by atoms with Crippen LogP contribution in [0.4, 0.5) is 0 Å². The van der Waals surface area contributed by atoms with Gasteiger partial charge in [0.05, 0.1) is 5.39 Å². The second-order valence-corrected chi connectivity index (χ2v) is 4.83. The molecule has 0 fully saturated rings. The Hall–Kier alpha value is -1.43. The molecule has 0 aliphatic heterocycles. The lowest BCUT2D eigenvalue weighted by Gasteiger charge is -1.97. The van der Waals surface area contributed by atoms with Crippen molar-refractivity contribution in [3.63, 3.8) is 0 Å². The highest BCUT2D eigenvalue weighted by molar-refractivity contribution is 14.1. The summed E-state index contributed by atoms with van der Waals surface area (Å²) in [5, 5.41) is 3.92. The third kappa shape index (κ3) is 1.41. The molecule has 3 aromatic rings. The number of halogens is 1. The van der Waals surface area contributed by atoms with E-state index in [1.54, 1.807) is 4.52 Å². The monoisotopic (exact) mass is 323 g/mol. The van der Waals surface area contributed by atoms with Gasteiger partial charge in [-0.05, 0) is 46.9 Å². The fourth-order valence-electron chi connectivity index (χ4n) is 1.80. The van der Waals surface area contributed by atoms with Gasteiger partial charge in [-0.3, -0.25) is 4.79 Å². The number of H-pyrrole nitrogens is 1. The van der Waals surface area contributed by atoms with Gasteiger partial charge in [0, 0.05) is 15.7 Å². The summed E-state index contributed by atoms with van der Waals surface area (Å²) < 4.78 is 2.81. The highest BCUT2D eigenvalue weighted by atomic mass is 127. The van der Waals surface area contributed by atoms with Crippen LogP contribution in [0.15, 0.2) is 47.4 Å². The fraction of sp³-hybridized carbons (Fsp3) is 0. The number of hydrogen-bond donors (Lipinski definition) is 1. The first kappa shape index (κ1) is 9.77. The topological polar surface area (TPSA) is 37.0 Å². The van der Waals surface area contributed by atoms with Crippen LogP contribution in [-0.2, 0) is 0 Å². The Balaban J connectivity index is 2.61. The lowest BCUT2D eigenvalue weighted by atomic mass is 10.2. The van der Waals surface area contributed by atoms with Crippen LogP contribution in [0.2, 0.25) is 0 Å². The zero-order chi connectivity index (χ0) is 11.1. The van der Waals surface area contributed by atoms with Crippen molar-refractivity contribution in [3.05, 3.63) is 56.4 Å². The van der Waals surface area contributed by atoms with Crippen LogP contribution in [0.25, 0.3) is 16.4 Å². The normalized spacial score (nSPS) is 11.1. The van der Waals surface area contributed by atoms with E-state index in [0.29, 0.717) is 5.52 Å². The average Bonchev–Trinajstić information content (AvgIpc) is 2.31. The Morgan fingerprint density at radius 3 is 2.94 bits per heavy atom. The van der Waals surface area contributed by atoms with E-state index in [2.05, 4.69) is 27.7 Å². The van der Waals surface area contributed by atoms with Gasteiger partial charge in [-0.2, -0.15) is 5.10 Å². The third-order valence-corrected chi connectivity index (χ3v) is 3.23. The van der Waals surface area contributed by atoms with E-state index in [1.165, 1.54) is 0 Å². The van der Waals surface area contributed by atoms with Gasteiger partial charge in [-0.25, -0.2) is 0 Å². The Kier molecular flexibility index (Phi) is 2.17. The van der Waals surface area contributed by atoms with Crippen molar-refractivity contribution in [2.45, 2.75) is 0 Å². The Morgan fingerprint density at radius 1 is 1.19 bits per heavy atom. The molecule has 0 saturated carbocycles. The minimum Gasteiger partial charge on any atom is -0.282 e. The van der Waals surface area contributed by atoms with Gasteiger partial charge in [0.15, 0.2) is 0 Å². The van der Waals surface area contributed by atoms with Gasteiger partial charge in [-0.1, -0.05) is 4.52 Å². The predicted octanol–water partition coefficient (Wildman–Crippen LogP) is 1.87. The molecular weight excluding hydrogens is 315 g/mol. The van der Waals surface area contributed by atoms with E-state index in [0.717, 1.165) is 14.5 Å². The van der Waals surface area contributed by atoms with E-state index in [1.807, 2.05) is 42.6 Å². The molecule has 3 rings (SSSR count). The first-order valence-corrected chi connectivity index (χ1v) is 5.95. The maximum absolute atomic E-state index is 12.2. The molecule has 1 N–H and O–H groups in total. The number of benzene rings is 1. The standard InChI is InChI=1S/C12H7IN2O/c13-8-4-5-10-9(7-8)12(16)11-3-1-2-6-15(11)14-10/h1-7H/p+1. The molecule has 0 spiro atoms. The van der Waals surface area contributed by atoms with Crippen molar-refractivity contribution < 1.29 is 4.52 Å². The molecule has 2 aromatic heterocycles. The molecular formula is C12H8IN2O+. The van der Waals surface area contributed by atoms with Gasteiger partial charge in [0.2, 0.25) is 6.20 Å². The number of nitrogens with zero attached hydrogens (tertiary/aromatic N) is 1. The summed E-state index contributed by atoms with van der Waals surface area (Å²) in [6.45, 7) is 0. The highest BCUT2D eigenvalue weighted by Crippen LogP contribution is 2.11. The molecule has 2 heterocycles. The zero-order valence-electron chi connectivity index (χ0n) is 8.27. The molecule has 0 aliphatic carbocycles. The van der Waals surface area contributed by atoms with Crippen LogP contribution in [0, 0.1) is 3.57 Å². The summed E-state index contributed by atoms with van der Waals surface area (Å²) in [7, 11) is 0. The van der Waals surface area contributed by atoms with Crippen molar-refractivity contribution in [2.75, 3.05) is 0 Å². The van der Waals surface area contributed by atoms with Crippen LogP contribution < -0.4 is 9.94 Å². The summed E-state index contributed by atoms with van der Waals surface area (Å²) in [5.41, 5.74) is 1.58. The van der Waals surface area contributed by atoms with Gasteiger partial charge < -0.3 is 0 Å². The summed E-state index contributed by atoms with van der Waals surface area (Å²) >= 11 is 2.21. The van der Waals surface area contributed by atoms with Crippen molar-refractivity contribution in [1.82, 2.24) is 5.10 Å². The van der Waals surface area contributed by atoms with Gasteiger partial charge >= 0.3 is 0 Å². The molecule has 1 aromatic carbocycles. The van der Waals surface area contributed by atoms with E-state index >= 15 is 0 Å². The van der Waals surface area contributed by atoms with E-state index in [4.69, 9.17) is 0 Å². The van der Waals surface area contributed by atoms with Gasteiger partial charge in [0.25, 0.3) is 10.9 Å². The maximum Gasteiger partial charge on any atom is 0.283 e. The number of hydrogen-bond acceptors (Lipinski definition) is 1. The molecule has 0 radical (unpaired) electrons. The van der Waals surface area contributed by atoms with Crippen molar-refractivity contribution in [1.29, 1.82) is 0 Å². The lowest BCUT2D eigenvalue weighted by molar-refractivity contribution is -0.578. The molecule has 4 heteroatoms. The van der Waals surface area contributed by atoms with E-state index in [9.17, 15) is 4.79 Å². The van der Waals surface area contributed by atoms with Gasteiger partial charge in [0.1, 0.15) is 5.52 Å². The van der Waals surface area contributed by atoms with Crippen LogP contribution >= 0.6 is 22.6 Å². The molecule has 78 valence electrons. The Bertz CT molecular complexity index is 749. The molecule has 0 unspecified atom stereocenters. The van der Waals surface area contributed by atoms with Crippen LogP contribution in [0.3, 0.4) is 0 Å². The molecule has 0 aliphatic rings. The molecule has 16 heavy (non-hydrogen) atoms. The van der Waals surface area contributed by atoms with Crippen molar-refractivity contribution >= 4 is 39.0 Å². The minimum atomic E-state index is 0.0628. The summed E-state index contributed by atoms with van der Waals surface area (Å²) in [6, 6.07) is 11.4. The smallest absolute Gasteiger partial charge is 0.282 e. The first-order valence-electron chi connectivity index (χ1n) is 4.88. The molecule has 0 bridgehead atoms. The highest BCUT2D eigenvalue weighted by Gasteiger charge is 2.10. The van der Waals surface area contributed by atoms with E-state index < -0.39 is 0 Å². The summed E-state index contributed by atoms with van der Waals surface area (Å²) in [6.07, 6.45) is 1.84. The van der Waals surface area contributed by atoms with Crippen LogP contribution in [0.1, 0.15) is 0 Å². The number of rotatable bonds is 0. The molecule has 3 nitrogen and oxygen atoms in total. The number of aromatic amines is 1. The summed E-state index contributed by atoms with van der Waals surface area (Å²) in [5.74, 6) is 0. The number of aromatic nitrogens is 2. The van der Waals surface area contributed by atoms with Crippen molar-refractivity contribution in [3.8, 4) is 0 Å². The predicted molar refractivity (Wildman–Crippen MR) is 70.4 cm³/mol. The molecule has 0 saturated heterocycles. The summed E-state index contributed by atoms with van der Waals surface area (Å²) in [4.78, 5) is 12.2. The minimum absolute atomic E-state index is 0.0628. The Labute approximate surface area is 105 Å². The maximum atomic E-state index is 12.2. The second kappa shape index (κ2) is 3.55. The van der Waals surface area contributed by atoms with Crippen LogP contribution in [0.5, 0.6) is 0 Å². The second-order valence-electron chi connectivity index (χ2n) is 3.59. The number of nitrogens with one attached hydrogen (secondary N) is 1. The number of fused-ring (bicyclic) bond motifs is 2. The average molecular weight is 323 g/mol. The number of pyridine rings is 1. The first-order chi connectivity index (χ1) is 7.75. The quantitative estimate of drug-likeness (QED) is 0.383. The molecule has 0 atom stereocenters. The fourth-order valence-corrected chi connectivity index (χ4v) is 2.29. The third-order valence-electron chi connectivity index (χ3n) is 2.56. The largest absolute Gasteiger partial charge is 0.283 e. The van der Waals surface area contributed by atoms with Gasteiger partial charge in [-0.15, -0.1) is 0 Å². The molecule has 0 amide bonds. The van der Waals surface area contributed by atoms with E-state index in [-0.39, 0.29) is 5.43 Å². The Morgan fingerprint density at radius 2 is 2.06 bits per heavy atom. The van der Waals surface area contributed by atoms with Crippen molar-refractivity contribution in [2.24, 2.45) is 0 Å². The lowest BCUT2D eigenvalue weighted by Crippen LogP contribution is -2.32. The zero-order valence-corrected chi connectivity index (χ0v) is 10.4. The van der Waals surface area contributed by atoms with Crippen LogP contribution in [-0.4, -0.2) is 5.10 Å². The SMILES string of the molecule is O=c1c2cc(I)ccc2[nH][n+]2ccccc12.